The van der Waals surface area contributed by atoms with Gasteiger partial charge in [-0.2, -0.15) is 4.99 Å². The summed E-state index contributed by atoms with van der Waals surface area (Å²) in [4.78, 5) is 14.9. The van der Waals surface area contributed by atoms with Gasteiger partial charge in [0.05, 0.1) is 0 Å². The first-order valence-corrected chi connectivity index (χ1v) is 4.38. The van der Waals surface area contributed by atoms with Gasteiger partial charge >= 0.3 is 5.37 Å². The van der Waals surface area contributed by atoms with Crippen molar-refractivity contribution in [1.82, 2.24) is 4.65 Å². The van der Waals surface area contributed by atoms with Gasteiger partial charge in [0.25, 0.3) is 0 Å². The maximum Gasteiger partial charge on any atom is 0.422 e. The minimum Gasteiger partial charge on any atom is -0.612 e. The topological polar surface area (TPSA) is 52.5 Å². The molecule has 1 aliphatic rings. The fraction of sp³-hybridized carbons (Fsp3) is 0.111. The van der Waals surface area contributed by atoms with Crippen molar-refractivity contribution in [2.24, 2.45) is 4.99 Å². The minimum absolute atomic E-state index is 0.282. The predicted molar refractivity (Wildman–Crippen MR) is 55.7 cm³/mol. The highest BCUT2D eigenvalue weighted by molar-refractivity contribution is 6.66. The fourth-order valence-corrected chi connectivity index (χ4v) is 1.56. The number of nitrogens with zero attached hydrogens (tertiary/aromatic N) is 2. The molecular formula is C9H7ClN2O2. The number of hydrogen-bond donors (Lipinski definition) is 0. The largest absolute Gasteiger partial charge is 0.612 e. The van der Waals surface area contributed by atoms with E-state index >= 15 is 0 Å². The summed E-state index contributed by atoms with van der Waals surface area (Å²) in [7, 11) is 0. The van der Waals surface area contributed by atoms with Crippen LogP contribution < -0.4 is 4.65 Å². The number of carbonyl (C=O) groups excluding carboxylic acids is 1. The second-order valence-corrected chi connectivity index (χ2v) is 3.42. The average molecular weight is 211 g/mol. The lowest BCUT2D eigenvalue weighted by molar-refractivity contribution is 0.251. The molecule has 0 saturated heterocycles. The highest BCUT2D eigenvalue weighted by Gasteiger charge is 2.35. The second kappa shape index (κ2) is 2.88. The van der Waals surface area contributed by atoms with E-state index in [4.69, 9.17) is 11.6 Å². The zero-order valence-corrected chi connectivity index (χ0v) is 8.15. The van der Waals surface area contributed by atoms with Crippen LogP contribution in [0, 0.1) is 12.1 Å². The van der Waals surface area contributed by atoms with Crippen LogP contribution in [0.5, 0.6) is 0 Å². The van der Waals surface area contributed by atoms with Gasteiger partial charge in [0.1, 0.15) is 5.69 Å². The minimum atomic E-state index is -1.31. The lowest BCUT2D eigenvalue weighted by atomic mass is 10.2. The Kier molecular flexibility index (Phi) is 1.92. The molecule has 2 rings (SSSR count). The number of carbonyl (C=O) groups is 1. The number of amides is 1. The van der Waals surface area contributed by atoms with Crippen molar-refractivity contribution in [3.8, 4) is 0 Å². The van der Waals surface area contributed by atoms with Crippen molar-refractivity contribution >= 4 is 34.7 Å². The normalized spacial score (nSPS) is 23.6. The van der Waals surface area contributed by atoms with E-state index in [-0.39, 0.29) is 5.69 Å². The van der Waals surface area contributed by atoms with E-state index in [0.29, 0.717) is 5.69 Å². The van der Waals surface area contributed by atoms with Gasteiger partial charge in [0.2, 0.25) is 6.34 Å². The van der Waals surface area contributed by atoms with Gasteiger partial charge in [-0.15, -0.1) is 0 Å². The van der Waals surface area contributed by atoms with E-state index < -0.39 is 10.0 Å². The molecule has 0 fully saturated rings. The summed E-state index contributed by atoms with van der Waals surface area (Å²) >= 11 is 5.23. The molecule has 0 aliphatic carbocycles. The van der Waals surface area contributed by atoms with Gasteiger partial charge < -0.3 is 5.21 Å². The fourth-order valence-electron chi connectivity index (χ4n) is 1.42. The third-order valence-corrected chi connectivity index (χ3v) is 2.44. The highest BCUT2D eigenvalue weighted by Crippen LogP contribution is 2.40. The number of hydroxylamine groups is 2. The lowest BCUT2D eigenvalue weighted by Gasteiger charge is -2.28. The second-order valence-electron chi connectivity index (χ2n) is 3.10. The van der Waals surface area contributed by atoms with Crippen molar-refractivity contribution in [3.05, 3.63) is 29.0 Å². The number of halogens is 1. The number of aliphatic imine (C=N–C) groups is 1. The van der Waals surface area contributed by atoms with Crippen LogP contribution in [-0.4, -0.2) is 11.7 Å². The molecule has 5 heteroatoms. The van der Waals surface area contributed by atoms with Crippen LogP contribution in [-0.2, 0) is 0 Å². The van der Waals surface area contributed by atoms with Crippen LogP contribution >= 0.6 is 11.6 Å². The Morgan fingerprint density at radius 1 is 1.57 bits per heavy atom. The third kappa shape index (κ3) is 1.09. The summed E-state index contributed by atoms with van der Waals surface area (Å²) in [6, 6.07) is 5.08. The van der Waals surface area contributed by atoms with Crippen LogP contribution in [0.15, 0.2) is 23.2 Å². The summed E-state index contributed by atoms with van der Waals surface area (Å²) in [5.41, 5.74) is 1.68. The molecule has 14 heavy (non-hydrogen) atoms. The predicted octanol–water partition coefficient (Wildman–Crippen LogP) is 2.83. The smallest absolute Gasteiger partial charge is 0.422 e. The molecule has 0 N–H and O–H groups in total. The Balaban J connectivity index is 2.66. The van der Waals surface area contributed by atoms with Crippen molar-refractivity contribution in [3.63, 3.8) is 0 Å². The Labute approximate surface area is 85.6 Å². The number of benzene rings is 1. The van der Waals surface area contributed by atoms with Crippen molar-refractivity contribution in [2.45, 2.75) is 6.92 Å². The number of para-hydroxylation sites is 1. The summed E-state index contributed by atoms with van der Waals surface area (Å²) in [6.45, 7) is 1.82. The van der Waals surface area contributed by atoms with Crippen LogP contribution in [0.25, 0.3) is 0 Å². The molecular weight excluding hydrogens is 204 g/mol. The van der Waals surface area contributed by atoms with Gasteiger partial charge in [-0.25, -0.2) is 9.44 Å². The molecule has 0 radical (unpaired) electrons. The van der Waals surface area contributed by atoms with E-state index in [0.717, 1.165) is 11.9 Å². The molecule has 1 aliphatic heterocycles. The number of hydrogen-bond acceptors (Lipinski definition) is 3. The first-order valence-electron chi connectivity index (χ1n) is 4.01. The van der Waals surface area contributed by atoms with E-state index in [1.165, 1.54) is 0 Å². The van der Waals surface area contributed by atoms with Gasteiger partial charge in [0, 0.05) is 17.7 Å². The molecule has 0 saturated carbocycles. The summed E-state index contributed by atoms with van der Waals surface area (Å²) in [5.74, 6) is 0. The van der Waals surface area contributed by atoms with Gasteiger partial charge in [0.15, 0.2) is 5.69 Å². The summed E-state index contributed by atoms with van der Waals surface area (Å²) < 4.78 is -1.31. The maximum absolute atomic E-state index is 11.9. The van der Waals surface area contributed by atoms with Crippen molar-refractivity contribution in [2.75, 3.05) is 0 Å². The van der Waals surface area contributed by atoms with E-state index in [2.05, 4.69) is 4.99 Å². The first-order chi connectivity index (χ1) is 6.55. The molecule has 1 unspecified atom stereocenters. The molecule has 1 amide bonds. The Morgan fingerprint density at radius 2 is 2.29 bits per heavy atom. The maximum atomic E-state index is 11.9. The molecule has 1 heterocycles. The number of rotatable bonds is 0. The van der Waals surface area contributed by atoms with Crippen LogP contribution in [0.3, 0.4) is 0 Å². The average Bonchev–Trinajstić information content (AvgIpc) is 2.47. The monoisotopic (exact) mass is 210 g/mol. The van der Waals surface area contributed by atoms with Gasteiger partial charge in [-0.05, 0) is 12.5 Å². The quantitative estimate of drug-likeness (QED) is 0.286. The standard InChI is InChI=1S/C9H7ClN2O2/c1-6-3-2-4-7-8(6)11-5-12(7,14)9(10)13/h2-5H,1H3. The van der Waals surface area contributed by atoms with Crippen LogP contribution in [0.1, 0.15) is 5.56 Å². The lowest BCUT2D eigenvalue weighted by Crippen LogP contribution is -2.41. The molecule has 0 aromatic heterocycles. The number of quaternary nitrogens is 1. The Bertz CT molecular complexity index is 444. The highest BCUT2D eigenvalue weighted by atomic mass is 35.5. The van der Waals surface area contributed by atoms with Gasteiger partial charge in [-0.3, -0.25) is 0 Å². The van der Waals surface area contributed by atoms with Crippen molar-refractivity contribution in [1.29, 1.82) is 0 Å². The zero-order valence-electron chi connectivity index (χ0n) is 7.40. The number of fused-ring (bicyclic) bond motifs is 1. The van der Waals surface area contributed by atoms with Gasteiger partial charge in [-0.1, -0.05) is 12.1 Å². The SMILES string of the molecule is Cc1cccc2c1N=C[N+]2([O-])C(=O)Cl. The molecule has 1 atom stereocenters. The summed E-state index contributed by atoms with van der Waals surface area (Å²) in [6.07, 6.45) is 1.01. The zero-order chi connectivity index (χ0) is 10.3. The Hall–Kier alpha value is -1.23. The molecule has 72 valence electrons. The molecule has 0 bridgehead atoms. The number of aryl methyl sites for hydroxylation is 1. The molecule has 4 nitrogen and oxygen atoms in total. The van der Waals surface area contributed by atoms with Crippen LogP contribution in [0.2, 0.25) is 0 Å². The van der Waals surface area contributed by atoms with E-state index in [9.17, 15) is 10.0 Å². The van der Waals surface area contributed by atoms with Crippen molar-refractivity contribution < 1.29 is 4.79 Å². The summed E-state index contributed by atoms with van der Waals surface area (Å²) in [5, 5.41) is 10.9. The van der Waals surface area contributed by atoms with E-state index in [1.54, 1.807) is 12.1 Å². The van der Waals surface area contributed by atoms with E-state index in [1.807, 2.05) is 13.0 Å². The first kappa shape index (κ1) is 9.33. The van der Waals surface area contributed by atoms with Crippen LogP contribution in [0.4, 0.5) is 16.2 Å². The third-order valence-electron chi connectivity index (χ3n) is 2.18. The molecule has 1 aromatic rings. The Morgan fingerprint density at radius 3 is 2.93 bits per heavy atom. The molecule has 1 aromatic carbocycles. The molecule has 0 spiro atoms.